The van der Waals surface area contributed by atoms with Crippen molar-refractivity contribution >= 4 is 31.7 Å². The second-order valence-electron chi connectivity index (χ2n) is 4.61. The first-order valence-electron chi connectivity index (χ1n) is 5.64. The van der Waals surface area contributed by atoms with Crippen LogP contribution < -0.4 is 5.32 Å². The molecule has 1 aromatic heterocycles. The molecule has 0 saturated heterocycles. The number of benzene rings is 1. The summed E-state index contributed by atoms with van der Waals surface area (Å²) in [5.41, 5.74) is 3.23. The molecule has 16 heavy (non-hydrogen) atoms. The van der Waals surface area contributed by atoms with Gasteiger partial charge in [-0.15, -0.1) is 0 Å². The molecule has 0 amide bonds. The number of fused-ring (bicyclic) bond motifs is 1. The second-order valence-corrected chi connectivity index (χ2v) is 5.72. The van der Waals surface area contributed by atoms with Crippen LogP contribution in [0.3, 0.4) is 0 Å². The van der Waals surface area contributed by atoms with Gasteiger partial charge in [0.25, 0.3) is 0 Å². The molecular formula is C12H17N3Se. The zero-order valence-corrected chi connectivity index (χ0v) is 11.6. The van der Waals surface area contributed by atoms with E-state index in [4.69, 9.17) is 0 Å². The number of aromatic nitrogens is 2. The number of anilines is 1. The van der Waals surface area contributed by atoms with Crippen molar-refractivity contribution in [2.24, 2.45) is 5.92 Å². The predicted molar refractivity (Wildman–Crippen MR) is 69.0 cm³/mol. The molecule has 2 rings (SSSR count). The molecule has 0 bridgehead atoms. The van der Waals surface area contributed by atoms with Crippen molar-refractivity contribution in [1.29, 1.82) is 0 Å². The fourth-order valence-electron chi connectivity index (χ4n) is 1.95. The molecular weight excluding hydrogens is 265 g/mol. The summed E-state index contributed by atoms with van der Waals surface area (Å²) in [6.07, 6.45) is 1.17. The van der Waals surface area contributed by atoms with Crippen LogP contribution >= 0.6 is 0 Å². The number of hydrogen-bond donors (Lipinski definition) is 1. The molecule has 4 heteroatoms. The third kappa shape index (κ3) is 2.63. The maximum absolute atomic E-state index is 4.46. The van der Waals surface area contributed by atoms with E-state index in [1.807, 2.05) is 12.1 Å². The predicted octanol–water partition coefficient (Wildman–Crippen LogP) is 2.53. The van der Waals surface area contributed by atoms with E-state index in [0.717, 1.165) is 16.7 Å². The van der Waals surface area contributed by atoms with Gasteiger partial charge in [0.15, 0.2) is 0 Å². The Morgan fingerprint density at radius 2 is 2.06 bits per heavy atom. The standard InChI is InChI=1S/C12H17N3Se/c1-8(2)7-9(3)13-10-5-4-6-11-12(10)15-16-14-11/h4-6,8-9,13H,7H2,1-3H3. The summed E-state index contributed by atoms with van der Waals surface area (Å²) < 4.78 is 8.85. The Bertz CT molecular complexity index is 464. The molecule has 2 aromatic rings. The first-order chi connectivity index (χ1) is 7.66. The fourth-order valence-corrected chi connectivity index (χ4v) is 3.11. The molecule has 1 heterocycles. The fraction of sp³-hybridized carbons (Fsp3) is 0.500. The van der Waals surface area contributed by atoms with Crippen LogP contribution in [-0.2, 0) is 0 Å². The van der Waals surface area contributed by atoms with E-state index < -0.39 is 0 Å². The van der Waals surface area contributed by atoms with Gasteiger partial charge in [0.1, 0.15) is 0 Å². The summed E-state index contributed by atoms with van der Waals surface area (Å²) in [6.45, 7) is 6.71. The Morgan fingerprint density at radius 3 is 2.81 bits per heavy atom. The number of nitrogens with one attached hydrogen (secondary N) is 1. The topological polar surface area (TPSA) is 37.8 Å². The van der Waals surface area contributed by atoms with Crippen LogP contribution in [0, 0.1) is 5.92 Å². The van der Waals surface area contributed by atoms with Gasteiger partial charge >= 0.3 is 102 Å². The molecule has 0 aliphatic carbocycles. The van der Waals surface area contributed by atoms with Gasteiger partial charge < -0.3 is 0 Å². The van der Waals surface area contributed by atoms with Gasteiger partial charge in [-0.1, -0.05) is 0 Å². The van der Waals surface area contributed by atoms with E-state index in [1.54, 1.807) is 0 Å². The summed E-state index contributed by atoms with van der Waals surface area (Å²) in [5.74, 6) is 0.713. The molecule has 0 aliphatic heterocycles. The van der Waals surface area contributed by atoms with E-state index in [9.17, 15) is 0 Å². The molecule has 1 unspecified atom stereocenters. The molecule has 0 fully saturated rings. The van der Waals surface area contributed by atoms with Crippen LogP contribution in [0.25, 0.3) is 11.0 Å². The van der Waals surface area contributed by atoms with Gasteiger partial charge in [-0.2, -0.15) is 0 Å². The molecule has 0 spiro atoms. The van der Waals surface area contributed by atoms with Crippen LogP contribution in [0.5, 0.6) is 0 Å². The van der Waals surface area contributed by atoms with Crippen molar-refractivity contribution in [1.82, 2.24) is 7.96 Å². The molecule has 3 nitrogen and oxygen atoms in total. The van der Waals surface area contributed by atoms with E-state index >= 15 is 0 Å². The molecule has 0 saturated carbocycles. The van der Waals surface area contributed by atoms with E-state index in [-0.39, 0.29) is 15.0 Å². The van der Waals surface area contributed by atoms with Crippen LogP contribution in [0.15, 0.2) is 18.2 Å². The molecule has 86 valence electrons. The van der Waals surface area contributed by atoms with Crippen molar-refractivity contribution in [2.75, 3.05) is 5.32 Å². The quantitative estimate of drug-likeness (QED) is 0.876. The van der Waals surface area contributed by atoms with Crippen LogP contribution in [-0.4, -0.2) is 29.0 Å². The van der Waals surface area contributed by atoms with Crippen molar-refractivity contribution in [3.05, 3.63) is 18.2 Å². The first-order valence-corrected chi connectivity index (χ1v) is 7.18. The van der Waals surface area contributed by atoms with Crippen LogP contribution in [0.4, 0.5) is 5.69 Å². The monoisotopic (exact) mass is 283 g/mol. The molecule has 1 atom stereocenters. The maximum atomic E-state index is 4.46. The van der Waals surface area contributed by atoms with E-state index in [2.05, 4.69) is 40.1 Å². The van der Waals surface area contributed by atoms with Crippen molar-refractivity contribution in [3.63, 3.8) is 0 Å². The summed E-state index contributed by atoms with van der Waals surface area (Å²) in [4.78, 5) is 0. The Hall–Kier alpha value is -0.861. The number of hydrogen-bond acceptors (Lipinski definition) is 3. The molecule has 1 aromatic carbocycles. The second kappa shape index (κ2) is 4.98. The number of rotatable bonds is 4. The van der Waals surface area contributed by atoms with Gasteiger partial charge in [-0.05, 0) is 0 Å². The Labute approximate surface area is 102 Å². The van der Waals surface area contributed by atoms with Crippen molar-refractivity contribution in [2.45, 2.75) is 33.2 Å². The first kappa shape index (κ1) is 11.6. The van der Waals surface area contributed by atoms with Gasteiger partial charge in [0.05, 0.1) is 0 Å². The van der Waals surface area contributed by atoms with Crippen molar-refractivity contribution < 1.29 is 0 Å². The summed E-state index contributed by atoms with van der Waals surface area (Å²) >= 11 is 0.0569. The van der Waals surface area contributed by atoms with Crippen LogP contribution in [0.2, 0.25) is 0 Å². The molecule has 0 radical (unpaired) electrons. The van der Waals surface area contributed by atoms with E-state index in [1.165, 1.54) is 6.42 Å². The van der Waals surface area contributed by atoms with Crippen molar-refractivity contribution in [3.8, 4) is 0 Å². The third-order valence-electron chi connectivity index (χ3n) is 2.51. The van der Waals surface area contributed by atoms with Gasteiger partial charge in [0, 0.05) is 0 Å². The zero-order valence-electron chi connectivity index (χ0n) is 9.90. The van der Waals surface area contributed by atoms with Gasteiger partial charge in [0.2, 0.25) is 0 Å². The van der Waals surface area contributed by atoms with E-state index in [0.29, 0.717) is 12.0 Å². The molecule has 1 N–H and O–H groups in total. The zero-order chi connectivity index (χ0) is 11.5. The Kier molecular flexibility index (Phi) is 3.62. The average molecular weight is 282 g/mol. The van der Waals surface area contributed by atoms with Gasteiger partial charge in [-0.25, -0.2) is 0 Å². The SMILES string of the molecule is CC(C)CC(C)Nc1cccc2n[se]nc12. The van der Waals surface area contributed by atoms with Crippen LogP contribution in [0.1, 0.15) is 27.2 Å². The Morgan fingerprint density at radius 1 is 1.25 bits per heavy atom. The summed E-state index contributed by atoms with van der Waals surface area (Å²) in [7, 11) is 0. The minimum atomic E-state index is 0.0569. The Balaban J connectivity index is 2.17. The minimum absolute atomic E-state index is 0.0569. The summed E-state index contributed by atoms with van der Waals surface area (Å²) in [6, 6.07) is 6.65. The number of nitrogens with zero attached hydrogens (tertiary/aromatic N) is 2. The average Bonchev–Trinajstić information content (AvgIpc) is 2.65. The normalized spacial score (nSPS) is 13.2. The third-order valence-corrected chi connectivity index (χ3v) is 3.65. The molecule has 0 aliphatic rings. The summed E-state index contributed by atoms with van der Waals surface area (Å²) in [5, 5.41) is 3.53. The van der Waals surface area contributed by atoms with Gasteiger partial charge in [-0.3, -0.25) is 0 Å².